The molecule has 0 aliphatic carbocycles. The molecular formula is C29H39N8O8Y. The molecule has 0 radical (unpaired) electrons. The fraction of sp³-hybridized carbons (Fsp3) is 0.241. The second-order valence-corrected chi connectivity index (χ2v) is 7.33. The summed E-state index contributed by atoms with van der Waals surface area (Å²) in [6, 6.07) is 15.0. The molecule has 0 fully saturated rings. The molecule has 0 unspecified atom stereocenters. The molecule has 0 saturated heterocycles. The van der Waals surface area contributed by atoms with Crippen molar-refractivity contribution in [3.63, 3.8) is 0 Å². The van der Waals surface area contributed by atoms with Gasteiger partial charge in [0.1, 0.15) is 0 Å². The first-order valence-electron chi connectivity index (χ1n) is 12.9. The standard InChI is InChI=1S/2C11H10N4O2.C4H10O.3CH4O.Y/c2*12-11(17)15-13-6-8-5-4-7-2-1-3-9(16)10(7)14-8;1-3-5-4-2;3*1-2;/h1-6H,(H4,12,13,14,15,16,17);1-6,16H,(H3,12,15,17);3-4H2,1-2H3;3*2H,1H3;/q;;;;;;+3/p-3/b;13-6+;;;;;. The summed E-state index contributed by atoms with van der Waals surface area (Å²) >= 11 is 0. The molecule has 8 N–H and O–H groups in total. The number of carbonyl (C=O) groups is 2. The molecule has 0 bridgehead atoms. The van der Waals surface area contributed by atoms with Crippen LogP contribution in [0.15, 0.2) is 70.9 Å². The molecular weight excluding hydrogens is 677 g/mol. The van der Waals surface area contributed by atoms with E-state index < -0.39 is 12.1 Å². The van der Waals surface area contributed by atoms with Crippen molar-refractivity contribution in [3.8, 4) is 11.5 Å². The Morgan fingerprint density at radius 3 is 1.61 bits per heavy atom. The fourth-order valence-corrected chi connectivity index (χ4v) is 2.92. The molecule has 246 valence electrons. The van der Waals surface area contributed by atoms with E-state index in [1.165, 1.54) is 24.6 Å². The molecule has 2 heterocycles. The third-order valence-corrected chi connectivity index (χ3v) is 4.54. The molecule has 2 aromatic heterocycles. The van der Waals surface area contributed by atoms with Crippen molar-refractivity contribution in [2.45, 2.75) is 13.8 Å². The number of pyridine rings is 2. The van der Waals surface area contributed by atoms with Gasteiger partial charge in [-0.25, -0.2) is 20.2 Å². The number of rotatable bonds is 6. The second-order valence-electron chi connectivity index (χ2n) is 7.33. The van der Waals surface area contributed by atoms with Gasteiger partial charge in [-0.3, -0.25) is 9.90 Å². The number of para-hydroxylation sites is 2. The average Bonchev–Trinajstić information content (AvgIpc) is 3.05. The molecule has 2 aromatic carbocycles. The van der Waals surface area contributed by atoms with E-state index in [0.29, 0.717) is 22.4 Å². The number of hydrogen-bond acceptors (Lipinski definition) is 12. The second kappa shape index (κ2) is 29.4. The predicted octanol–water partition coefficient (Wildman–Crippen LogP) is 1.27. The molecule has 0 aliphatic rings. The third kappa shape index (κ3) is 19.2. The monoisotopic (exact) mass is 716 g/mol. The number of aliphatic hydroxyl groups excluding tert-OH is 3. The van der Waals surface area contributed by atoms with Crippen molar-refractivity contribution in [2.24, 2.45) is 21.7 Å². The van der Waals surface area contributed by atoms with Gasteiger partial charge in [-0.2, -0.15) is 5.10 Å². The van der Waals surface area contributed by atoms with Gasteiger partial charge in [-0.05, 0) is 36.8 Å². The van der Waals surface area contributed by atoms with Gasteiger partial charge in [0, 0.05) is 34.5 Å². The first-order valence-corrected chi connectivity index (χ1v) is 12.9. The van der Waals surface area contributed by atoms with E-state index in [4.69, 9.17) is 31.5 Å². The Labute approximate surface area is 292 Å². The minimum atomic E-state index is -0.883. The molecule has 0 aliphatic heterocycles. The topological polar surface area (TPSA) is 279 Å². The Balaban J connectivity index is -0.000000605. The summed E-state index contributed by atoms with van der Waals surface area (Å²) in [5.41, 5.74) is 16.4. The van der Waals surface area contributed by atoms with Crippen LogP contribution in [-0.2, 0) is 37.4 Å². The average molecular weight is 717 g/mol. The number of hydrazone groups is 1. The van der Waals surface area contributed by atoms with Crippen molar-refractivity contribution in [1.29, 1.82) is 0 Å². The Hall–Kier alpha value is -4.32. The van der Waals surface area contributed by atoms with Crippen LogP contribution >= 0.6 is 0 Å². The quantitative estimate of drug-likeness (QED) is 0.123. The molecule has 4 amide bonds. The zero-order valence-electron chi connectivity index (χ0n) is 26.2. The van der Waals surface area contributed by atoms with Gasteiger partial charge < -0.3 is 47.2 Å². The number of ether oxygens (including phenoxy) is 1. The minimum absolute atomic E-state index is 0. The number of nitrogens with one attached hydrogen (secondary N) is 1. The first kappa shape index (κ1) is 46.1. The Morgan fingerprint density at radius 1 is 0.804 bits per heavy atom. The van der Waals surface area contributed by atoms with Crippen molar-refractivity contribution in [2.75, 3.05) is 34.5 Å². The van der Waals surface area contributed by atoms with E-state index in [9.17, 15) is 19.8 Å². The fourth-order valence-electron chi connectivity index (χ4n) is 2.92. The summed E-state index contributed by atoms with van der Waals surface area (Å²) < 4.78 is 4.83. The van der Waals surface area contributed by atoms with Crippen LogP contribution in [0.1, 0.15) is 25.2 Å². The van der Waals surface area contributed by atoms with E-state index in [1.54, 1.807) is 48.5 Å². The van der Waals surface area contributed by atoms with Crippen molar-refractivity contribution in [1.82, 2.24) is 15.4 Å². The van der Waals surface area contributed by atoms with E-state index in [1.807, 2.05) is 19.3 Å². The Kier molecular flexibility index (Phi) is 29.5. The maximum atomic E-state index is 11.5. The van der Waals surface area contributed by atoms with E-state index >= 15 is 0 Å². The number of hydrogen-bond donors (Lipinski definition) is 6. The zero-order chi connectivity index (χ0) is 34.6. The van der Waals surface area contributed by atoms with Crippen molar-refractivity contribution >= 4 is 46.3 Å². The number of benzene rings is 2. The molecule has 4 rings (SSSR count). The number of aliphatic hydroxyl groups is 3. The smallest absolute Gasteiger partial charge is 0.871 e. The summed E-state index contributed by atoms with van der Waals surface area (Å²) in [6.45, 7) is 5.67. The summed E-state index contributed by atoms with van der Waals surface area (Å²) in [4.78, 5) is 28.9. The van der Waals surface area contributed by atoms with Crippen LogP contribution in [0.4, 0.5) is 9.59 Å². The summed E-state index contributed by atoms with van der Waals surface area (Å²) in [5.74, 6) is -0.315. The largest absolute Gasteiger partial charge is 3.00 e. The minimum Gasteiger partial charge on any atom is -0.871 e. The number of amides is 4. The number of primary amides is 2. The van der Waals surface area contributed by atoms with Crippen molar-refractivity contribution < 1.29 is 72.6 Å². The SMILES string of the molecule is CCOCC.CO.CO.CO.NC(=O)N/N=C/c1ccc2cccc([O-])c2n1.NC(=O)[N-]/N=C/c1ccc2cccc([O-])c2n1.[Y+3]. The predicted molar refractivity (Wildman–Crippen MR) is 170 cm³/mol. The normalized spacial score (nSPS) is 9.30. The summed E-state index contributed by atoms with van der Waals surface area (Å²) in [5, 5.41) is 52.5. The van der Waals surface area contributed by atoms with E-state index in [0.717, 1.165) is 45.3 Å². The Morgan fingerprint density at radius 2 is 1.24 bits per heavy atom. The van der Waals surface area contributed by atoms with Crippen LogP contribution in [-0.4, -0.2) is 84.3 Å². The van der Waals surface area contributed by atoms with Gasteiger partial charge in [0.25, 0.3) is 0 Å². The summed E-state index contributed by atoms with van der Waals surface area (Å²) in [6.07, 6.45) is 2.58. The number of nitrogens with zero attached hydrogens (tertiary/aromatic N) is 5. The van der Waals surface area contributed by atoms with E-state index in [2.05, 4.69) is 25.6 Å². The Bertz CT molecular complexity index is 1370. The molecule has 16 nitrogen and oxygen atoms in total. The number of aromatic nitrogens is 2. The number of fused-ring (bicyclic) bond motifs is 2. The number of nitrogens with two attached hydrogens (primary N) is 2. The molecule has 0 spiro atoms. The van der Waals surface area contributed by atoms with Gasteiger partial charge >= 0.3 is 38.7 Å². The molecule has 4 aromatic rings. The van der Waals surface area contributed by atoms with E-state index in [-0.39, 0.29) is 44.2 Å². The van der Waals surface area contributed by atoms with Crippen LogP contribution in [0, 0.1) is 0 Å². The first-order chi connectivity index (χ1) is 21.7. The van der Waals surface area contributed by atoms with Crippen LogP contribution in [0.3, 0.4) is 0 Å². The van der Waals surface area contributed by atoms with Crippen LogP contribution < -0.4 is 27.1 Å². The van der Waals surface area contributed by atoms with Crippen LogP contribution in [0.25, 0.3) is 27.2 Å². The van der Waals surface area contributed by atoms with Gasteiger partial charge in [-0.15, -0.1) is 0 Å². The van der Waals surface area contributed by atoms with Gasteiger partial charge in [0.2, 0.25) is 0 Å². The summed E-state index contributed by atoms with van der Waals surface area (Å²) in [7, 11) is 3.00. The molecule has 0 atom stereocenters. The molecule has 46 heavy (non-hydrogen) atoms. The number of carbonyl (C=O) groups excluding carboxylic acids is 2. The molecule has 0 saturated carbocycles. The third-order valence-electron chi connectivity index (χ3n) is 4.54. The van der Waals surface area contributed by atoms with Gasteiger partial charge in [0.05, 0.1) is 34.9 Å². The van der Waals surface area contributed by atoms with Crippen molar-refractivity contribution in [3.05, 3.63) is 77.5 Å². The van der Waals surface area contributed by atoms with Crippen LogP contribution in [0.2, 0.25) is 0 Å². The van der Waals surface area contributed by atoms with Crippen LogP contribution in [0.5, 0.6) is 11.5 Å². The maximum Gasteiger partial charge on any atom is 3.00 e. The maximum absolute atomic E-state index is 11.5. The van der Waals surface area contributed by atoms with Gasteiger partial charge in [0.15, 0.2) is 6.03 Å². The zero-order valence-corrected chi connectivity index (χ0v) is 29.0. The molecule has 17 heteroatoms. The van der Waals surface area contributed by atoms with Gasteiger partial charge in [-0.1, -0.05) is 60.0 Å². The number of urea groups is 2.